The van der Waals surface area contributed by atoms with E-state index in [9.17, 15) is 4.79 Å². The number of carbonyl (C=O) groups excluding carboxylic acids is 1. The number of amides is 1. The Balaban J connectivity index is 1.74. The van der Waals surface area contributed by atoms with Gasteiger partial charge in [0.2, 0.25) is 0 Å². The van der Waals surface area contributed by atoms with Gasteiger partial charge in [0, 0.05) is 32.2 Å². The topological polar surface area (TPSA) is 42.0 Å². The van der Waals surface area contributed by atoms with E-state index < -0.39 is 0 Å². The van der Waals surface area contributed by atoms with Crippen LogP contribution < -0.4 is 4.74 Å². The molecule has 0 aromatic heterocycles. The van der Waals surface area contributed by atoms with Crippen molar-refractivity contribution in [1.82, 2.24) is 9.80 Å². The maximum atomic E-state index is 12.6. The highest BCUT2D eigenvalue weighted by Gasteiger charge is 2.13. The molecular formula is C20H30N2O3. The van der Waals surface area contributed by atoms with E-state index in [2.05, 4.69) is 11.5 Å². The van der Waals surface area contributed by atoms with Gasteiger partial charge in [-0.2, -0.15) is 0 Å². The molecule has 1 amide bonds. The second-order valence-corrected chi connectivity index (χ2v) is 6.66. The summed E-state index contributed by atoms with van der Waals surface area (Å²) in [5, 5.41) is 0. The van der Waals surface area contributed by atoms with Crippen LogP contribution in [0.4, 0.5) is 0 Å². The van der Waals surface area contributed by atoms with Crippen molar-refractivity contribution in [3.05, 3.63) is 42.0 Å². The Morgan fingerprint density at radius 3 is 2.80 bits per heavy atom. The van der Waals surface area contributed by atoms with Gasteiger partial charge in [0.1, 0.15) is 12.4 Å². The Morgan fingerprint density at radius 2 is 2.08 bits per heavy atom. The normalized spacial score (nSPS) is 15.0. The first-order valence-electron chi connectivity index (χ1n) is 8.99. The first-order valence-corrected chi connectivity index (χ1v) is 8.99. The van der Waals surface area contributed by atoms with E-state index >= 15 is 0 Å². The third-order valence-electron chi connectivity index (χ3n) is 4.23. The number of hydrogen-bond acceptors (Lipinski definition) is 4. The Morgan fingerprint density at radius 1 is 1.32 bits per heavy atom. The van der Waals surface area contributed by atoms with Crippen molar-refractivity contribution in [2.75, 3.05) is 53.0 Å². The van der Waals surface area contributed by atoms with Crippen LogP contribution in [0.5, 0.6) is 5.75 Å². The van der Waals surface area contributed by atoms with Crippen molar-refractivity contribution >= 4 is 5.91 Å². The van der Waals surface area contributed by atoms with Crippen molar-refractivity contribution in [2.24, 2.45) is 0 Å². The largest absolute Gasteiger partial charge is 0.489 e. The molecule has 0 N–H and O–H groups in total. The molecule has 0 atom stereocenters. The molecule has 5 heteroatoms. The number of benzene rings is 1. The molecule has 138 valence electrons. The number of nitrogens with zero attached hydrogens (tertiary/aromatic N) is 2. The summed E-state index contributed by atoms with van der Waals surface area (Å²) in [5.74, 6) is 0.738. The molecule has 0 aliphatic carbocycles. The summed E-state index contributed by atoms with van der Waals surface area (Å²) in [5.41, 5.74) is 1.61. The van der Waals surface area contributed by atoms with Crippen LogP contribution in [0.15, 0.2) is 36.4 Å². The number of unbranched alkanes of at least 4 members (excludes halogenated alkanes) is 1. The predicted molar refractivity (Wildman–Crippen MR) is 100 cm³/mol. The lowest BCUT2D eigenvalue weighted by Gasteiger charge is -2.26. The zero-order valence-corrected chi connectivity index (χ0v) is 15.5. The molecule has 1 fully saturated rings. The van der Waals surface area contributed by atoms with E-state index in [1.807, 2.05) is 32.2 Å². The number of hydrogen-bond donors (Lipinski definition) is 0. The van der Waals surface area contributed by atoms with Crippen molar-refractivity contribution in [1.29, 1.82) is 0 Å². The van der Waals surface area contributed by atoms with Gasteiger partial charge in [-0.25, -0.2) is 0 Å². The fraction of sp³-hybridized carbons (Fsp3) is 0.550. The molecule has 2 rings (SSSR count). The summed E-state index contributed by atoms with van der Waals surface area (Å²) in [7, 11) is 1.86. The molecule has 0 spiro atoms. The first-order chi connectivity index (χ1) is 12.1. The standard InChI is InChI=1S/C20H30N2O3/c1-17(2)16-25-19-8-6-7-18(15-19)20(23)21(3)9-4-5-10-22-11-13-24-14-12-22/h6-8,15H,1,4-5,9-14,16H2,2-3H3. The lowest BCUT2D eigenvalue weighted by Crippen LogP contribution is -2.37. The van der Waals surface area contributed by atoms with Crippen LogP contribution in [0.3, 0.4) is 0 Å². The molecule has 1 aliphatic heterocycles. The molecule has 1 heterocycles. The fourth-order valence-corrected chi connectivity index (χ4v) is 2.76. The lowest BCUT2D eigenvalue weighted by atomic mass is 10.2. The third-order valence-corrected chi connectivity index (χ3v) is 4.23. The fourth-order valence-electron chi connectivity index (χ4n) is 2.76. The molecule has 5 nitrogen and oxygen atoms in total. The van der Waals surface area contributed by atoms with Crippen molar-refractivity contribution in [3.63, 3.8) is 0 Å². The SMILES string of the molecule is C=C(C)COc1cccc(C(=O)N(C)CCCCN2CCOCC2)c1. The van der Waals surface area contributed by atoms with Crippen LogP contribution in [-0.4, -0.2) is 68.8 Å². The Kier molecular flexibility index (Phi) is 7.95. The highest BCUT2D eigenvalue weighted by atomic mass is 16.5. The molecule has 1 aromatic carbocycles. The van der Waals surface area contributed by atoms with Crippen molar-refractivity contribution in [3.8, 4) is 5.75 Å². The summed E-state index contributed by atoms with van der Waals surface area (Å²) in [4.78, 5) is 16.8. The summed E-state index contributed by atoms with van der Waals surface area (Å²) >= 11 is 0. The van der Waals surface area contributed by atoms with Gasteiger partial charge in [0.25, 0.3) is 5.91 Å². The van der Waals surface area contributed by atoms with Crippen LogP contribution in [0.2, 0.25) is 0 Å². The zero-order valence-electron chi connectivity index (χ0n) is 15.5. The van der Waals surface area contributed by atoms with Crippen LogP contribution in [0.25, 0.3) is 0 Å². The second kappa shape index (κ2) is 10.2. The third kappa shape index (κ3) is 6.88. The molecule has 0 saturated carbocycles. The summed E-state index contributed by atoms with van der Waals surface area (Å²) < 4.78 is 11.0. The van der Waals surface area contributed by atoms with Crippen molar-refractivity contribution in [2.45, 2.75) is 19.8 Å². The van der Waals surface area contributed by atoms with Gasteiger partial charge in [0.05, 0.1) is 13.2 Å². The highest BCUT2D eigenvalue weighted by molar-refractivity contribution is 5.94. The predicted octanol–water partition coefficient (Wildman–Crippen LogP) is 2.83. The van der Waals surface area contributed by atoms with Gasteiger partial charge < -0.3 is 14.4 Å². The summed E-state index contributed by atoms with van der Waals surface area (Å²) in [6, 6.07) is 7.35. The Hall–Kier alpha value is -1.85. The molecule has 0 bridgehead atoms. The molecule has 1 aliphatic rings. The quantitative estimate of drug-likeness (QED) is 0.509. The lowest BCUT2D eigenvalue weighted by molar-refractivity contribution is 0.0369. The monoisotopic (exact) mass is 346 g/mol. The summed E-state index contributed by atoms with van der Waals surface area (Å²) in [6.45, 7) is 11.8. The van der Waals surface area contributed by atoms with Crippen LogP contribution >= 0.6 is 0 Å². The molecule has 25 heavy (non-hydrogen) atoms. The van der Waals surface area contributed by atoms with Gasteiger partial charge in [-0.15, -0.1) is 0 Å². The minimum Gasteiger partial charge on any atom is -0.489 e. The van der Waals surface area contributed by atoms with E-state index in [4.69, 9.17) is 9.47 Å². The maximum absolute atomic E-state index is 12.6. The summed E-state index contributed by atoms with van der Waals surface area (Å²) in [6.07, 6.45) is 2.10. The molecule has 0 radical (unpaired) electrons. The van der Waals surface area contributed by atoms with Gasteiger partial charge in [-0.1, -0.05) is 12.6 Å². The smallest absolute Gasteiger partial charge is 0.253 e. The van der Waals surface area contributed by atoms with Gasteiger partial charge in [0.15, 0.2) is 0 Å². The number of carbonyl (C=O) groups is 1. The van der Waals surface area contributed by atoms with Crippen LogP contribution in [0, 0.1) is 0 Å². The van der Waals surface area contributed by atoms with Crippen LogP contribution in [-0.2, 0) is 4.74 Å². The van der Waals surface area contributed by atoms with E-state index in [1.54, 1.807) is 11.0 Å². The molecule has 1 saturated heterocycles. The van der Waals surface area contributed by atoms with Gasteiger partial charge >= 0.3 is 0 Å². The molecular weight excluding hydrogens is 316 g/mol. The van der Waals surface area contributed by atoms with Gasteiger partial charge in [-0.3, -0.25) is 9.69 Å². The highest BCUT2D eigenvalue weighted by Crippen LogP contribution is 2.15. The number of rotatable bonds is 9. The average Bonchev–Trinajstić information content (AvgIpc) is 2.64. The second-order valence-electron chi connectivity index (χ2n) is 6.66. The van der Waals surface area contributed by atoms with Crippen LogP contribution in [0.1, 0.15) is 30.1 Å². The van der Waals surface area contributed by atoms with Gasteiger partial charge in [-0.05, 0) is 50.1 Å². The zero-order chi connectivity index (χ0) is 18.1. The van der Waals surface area contributed by atoms with E-state index in [0.717, 1.165) is 57.8 Å². The maximum Gasteiger partial charge on any atom is 0.253 e. The van der Waals surface area contributed by atoms with E-state index in [1.165, 1.54) is 0 Å². The first kappa shape index (κ1) is 19.5. The number of ether oxygens (including phenoxy) is 2. The van der Waals surface area contributed by atoms with Crippen molar-refractivity contribution < 1.29 is 14.3 Å². The minimum absolute atomic E-state index is 0.0344. The Bertz CT molecular complexity index is 568. The average molecular weight is 346 g/mol. The minimum atomic E-state index is 0.0344. The molecule has 1 aromatic rings. The van der Waals surface area contributed by atoms with E-state index in [0.29, 0.717) is 17.9 Å². The molecule has 0 unspecified atom stereocenters. The Labute approximate surface area is 151 Å². The number of morpholine rings is 1. The van der Waals surface area contributed by atoms with E-state index in [-0.39, 0.29) is 5.91 Å².